The number of aromatic nitrogens is 5. The first kappa shape index (κ1) is 26.7. The van der Waals surface area contributed by atoms with E-state index in [1.807, 2.05) is 0 Å². The van der Waals surface area contributed by atoms with Gasteiger partial charge in [0.25, 0.3) is 0 Å². The van der Waals surface area contributed by atoms with Gasteiger partial charge in [-0.05, 0) is 29.3 Å². The van der Waals surface area contributed by atoms with Crippen LogP contribution in [0.4, 0.5) is 16.2 Å². The van der Waals surface area contributed by atoms with E-state index < -0.39 is 43.2 Å². The topological polar surface area (TPSA) is 200 Å². The van der Waals surface area contributed by atoms with Crippen LogP contribution in [0.5, 0.6) is 5.75 Å². The molecule has 38 heavy (non-hydrogen) atoms. The van der Waals surface area contributed by atoms with Gasteiger partial charge in [0.15, 0.2) is 23.4 Å². The summed E-state index contributed by atoms with van der Waals surface area (Å²) < 4.78 is 50.1. The van der Waals surface area contributed by atoms with E-state index in [-0.39, 0.29) is 41.4 Å². The number of nitrogens with zero attached hydrogens (tertiary/aromatic N) is 5. The molecule has 0 saturated carbocycles. The predicted octanol–water partition coefficient (Wildman–Crippen LogP) is 1.92. The van der Waals surface area contributed by atoms with Crippen molar-refractivity contribution in [2.75, 3.05) is 24.2 Å². The monoisotopic (exact) mass is 615 g/mol. The maximum absolute atomic E-state index is 15.7. The van der Waals surface area contributed by atoms with Gasteiger partial charge in [0.05, 0.1) is 24.8 Å². The SMILES string of the molecule is CC(=O)OCc1cnc(C)c2c1CCP(=O)(OC[C@H]1O[C@@H](n3cnc4c(N)nc(N)nc43)C(F)(Br)[C@H]1O)O2. The summed E-state index contributed by atoms with van der Waals surface area (Å²) in [5, 5.41) is 10.7. The fourth-order valence-electron chi connectivity index (χ4n) is 4.32. The Morgan fingerprint density at radius 2 is 2.16 bits per heavy atom. The number of halogens is 2. The van der Waals surface area contributed by atoms with Crippen molar-refractivity contribution >= 4 is 52.4 Å². The summed E-state index contributed by atoms with van der Waals surface area (Å²) in [7, 11) is -3.73. The number of pyridine rings is 1. The molecule has 0 aliphatic carbocycles. The minimum atomic E-state index is -3.73. The number of hydrogen-bond donors (Lipinski definition) is 3. The average Bonchev–Trinajstić information content (AvgIpc) is 3.36. The number of rotatable bonds is 6. The number of carbonyl (C=O) groups is 1. The Labute approximate surface area is 223 Å². The second kappa shape index (κ2) is 9.68. The highest BCUT2D eigenvalue weighted by atomic mass is 79.9. The van der Waals surface area contributed by atoms with Crippen LogP contribution in [0.3, 0.4) is 0 Å². The summed E-state index contributed by atoms with van der Waals surface area (Å²) in [4.78, 5) is 27.4. The third-order valence-corrected chi connectivity index (χ3v) is 8.87. The first-order valence-electron chi connectivity index (χ1n) is 11.4. The Hall–Kier alpha value is -2.91. The second-order valence-corrected chi connectivity index (χ2v) is 12.2. The van der Waals surface area contributed by atoms with Crippen LogP contribution < -0.4 is 16.0 Å². The lowest BCUT2D eigenvalue weighted by Crippen LogP contribution is -2.38. The standard InChI is InChI=1S/C21H24BrFN7O7P/c1-9-15-12(11(5-26-9)6-34-10(2)31)3-4-38(33,37-15)35-7-13-16(32)21(22,23)19(36-13)30-8-27-14-17(24)28-20(25)29-18(14)30/h5,8,13,16,19,32H,3-4,6-7H2,1-2H3,(H4,24,25,28,29)/t13-,16+,19-,21?,38?/m1/s1. The van der Waals surface area contributed by atoms with Crippen LogP contribution in [0.25, 0.3) is 11.2 Å². The van der Waals surface area contributed by atoms with Crippen molar-refractivity contribution in [2.45, 2.75) is 49.9 Å². The maximum atomic E-state index is 15.7. The zero-order valence-electron chi connectivity index (χ0n) is 20.2. The molecule has 1 fully saturated rings. The van der Waals surface area contributed by atoms with Crippen molar-refractivity contribution in [1.82, 2.24) is 24.5 Å². The lowest BCUT2D eigenvalue weighted by molar-refractivity contribution is -0.142. The van der Waals surface area contributed by atoms with Crippen molar-refractivity contribution in [3.05, 3.63) is 29.3 Å². The van der Waals surface area contributed by atoms with E-state index in [1.165, 1.54) is 17.8 Å². The molecule has 0 radical (unpaired) electrons. The van der Waals surface area contributed by atoms with Gasteiger partial charge in [0, 0.05) is 24.2 Å². The van der Waals surface area contributed by atoms with E-state index >= 15 is 4.39 Å². The largest absolute Gasteiger partial charge is 0.461 e. The van der Waals surface area contributed by atoms with Gasteiger partial charge in [0.2, 0.25) is 10.5 Å². The molecule has 2 aliphatic rings. The lowest BCUT2D eigenvalue weighted by Gasteiger charge is -2.28. The van der Waals surface area contributed by atoms with Crippen LogP contribution in [0.15, 0.2) is 12.5 Å². The minimum absolute atomic E-state index is 0.000515. The molecule has 0 amide bonds. The molecule has 3 aromatic heterocycles. The van der Waals surface area contributed by atoms with Gasteiger partial charge in [-0.15, -0.1) is 0 Å². The third kappa shape index (κ3) is 4.71. The van der Waals surface area contributed by atoms with Crippen LogP contribution in [-0.2, 0) is 36.4 Å². The van der Waals surface area contributed by atoms with Crippen molar-refractivity contribution < 1.29 is 37.4 Å². The molecule has 5 rings (SSSR count). The number of aliphatic hydroxyl groups excluding tert-OH is 1. The molecule has 14 nitrogen and oxygen atoms in total. The van der Waals surface area contributed by atoms with E-state index in [0.29, 0.717) is 23.2 Å². The van der Waals surface area contributed by atoms with Gasteiger partial charge < -0.3 is 30.6 Å². The Bertz CT molecular complexity index is 1470. The molecule has 2 unspecified atom stereocenters. The zero-order chi connectivity index (χ0) is 27.4. The van der Waals surface area contributed by atoms with E-state index in [4.69, 9.17) is 30.0 Å². The predicted molar refractivity (Wildman–Crippen MR) is 134 cm³/mol. The van der Waals surface area contributed by atoms with E-state index in [0.717, 1.165) is 0 Å². The molecule has 5 N–H and O–H groups in total. The number of esters is 1. The number of nitrogen functional groups attached to an aromatic ring is 2. The van der Waals surface area contributed by atoms with E-state index in [2.05, 4.69) is 35.9 Å². The highest BCUT2D eigenvalue weighted by Gasteiger charge is 2.57. The number of nitrogens with two attached hydrogens (primary N) is 2. The number of hydrogen-bond acceptors (Lipinski definition) is 13. The van der Waals surface area contributed by atoms with Crippen molar-refractivity contribution in [2.24, 2.45) is 0 Å². The number of aliphatic hydroxyl groups is 1. The van der Waals surface area contributed by atoms with Crippen LogP contribution in [0.2, 0.25) is 0 Å². The second-order valence-electron chi connectivity index (χ2n) is 8.87. The molecular weight excluding hydrogens is 592 g/mol. The summed E-state index contributed by atoms with van der Waals surface area (Å²) in [5.74, 6) is -0.326. The number of imidazole rings is 1. The van der Waals surface area contributed by atoms with Gasteiger partial charge in [0.1, 0.15) is 24.3 Å². The molecule has 204 valence electrons. The number of alkyl halides is 2. The summed E-state index contributed by atoms with van der Waals surface area (Å²) >= 11 is 2.91. The molecule has 2 aliphatic heterocycles. The van der Waals surface area contributed by atoms with Crippen LogP contribution >= 0.6 is 23.5 Å². The van der Waals surface area contributed by atoms with Crippen molar-refractivity contribution in [3.63, 3.8) is 0 Å². The maximum Gasteiger partial charge on any atom is 0.379 e. The van der Waals surface area contributed by atoms with Crippen LogP contribution in [-0.4, -0.2) is 65.1 Å². The number of anilines is 2. The summed E-state index contributed by atoms with van der Waals surface area (Å²) in [5.41, 5.74) is 13.6. The van der Waals surface area contributed by atoms with Crippen molar-refractivity contribution in [1.29, 1.82) is 0 Å². The molecule has 5 heterocycles. The number of carbonyl (C=O) groups excluding carboxylic acids is 1. The smallest absolute Gasteiger partial charge is 0.379 e. The van der Waals surface area contributed by atoms with Gasteiger partial charge >= 0.3 is 13.6 Å². The fourth-order valence-corrected chi connectivity index (χ4v) is 6.61. The highest BCUT2D eigenvalue weighted by Crippen LogP contribution is 2.55. The summed E-state index contributed by atoms with van der Waals surface area (Å²) in [6.45, 7) is 2.52. The Balaban J connectivity index is 1.33. The molecule has 0 aromatic carbocycles. The Morgan fingerprint density at radius 1 is 1.39 bits per heavy atom. The zero-order valence-corrected chi connectivity index (χ0v) is 22.7. The summed E-state index contributed by atoms with van der Waals surface area (Å²) in [6.07, 6.45) is -1.32. The first-order chi connectivity index (χ1) is 17.9. The molecule has 0 spiro atoms. The van der Waals surface area contributed by atoms with Gasteiger partial charge in [-0.1, -0.05) is 0 Å². The molecule has 1 saturated heterocycles. The van der Waals surface area contributed by atoms with Crippen LogP contribution in [0, 0.1) is 6.92 Å². The number of fused-ring (bicyclic) bond motifs is 2. The normalized spacial score (nSPS) is 28.7. The fraction of sp³-hybridized carbons (Fsp3) is 0.476. The molecule has 3 aromatic rings. The Morgan fingerprint density at radius 3 is 2.89 bits per heavy atom. The van der Waals surface area contributed by atoms with E-state index in [1.54, 1.807) is 13.1 Å². The molecular formula is C21H24BrFN7O7P. The van der Waals surface area contributed by atoms with Gasteiger partial charge in [-0.25, -0.2) is 13.9 Å². The number of aryl methyl sites for hydroxylation is 1. The average molecular weight is 616 g/mol. The minimum Gasteiger partial charge on any atom is -0.461 e. The van der Waals surface area contributed by atoms with E-state index in [9.17, 15) is 14.5 Å². The van der Waals surface area contributed by atoms with Gasteiger partial charge in [-0.2, -0.15) is 9.97 Å². The van der Waals surface area contributed by atoms with Crippen LogP contribution in [0.1, 0.15) is 30.0 Å². The molecule has 0 bridgehead atoms. The molecule has 17 heteroatoms. The summed E-state index contributed by atoms with van der Waals surface area (Å²) in [6, 6.07) is 0. The quantitative estimate of drug-likeness (QED) is 0.206. The van der Waals surface area contributed by atoms with Crippen molar-refractivity contribution in [3.8, 4) is 5.75 Å². The molecule has 5 atom stereocenters. The van der Waals surface area contributed by atoms with Gasteiger partial charge in [-0.3, -0.25) is 18.9 Å². The first-order valence-corrected chi connectivity index (χ1v) is 13.9. The highest BCUT2D eigenvalue weighted by molar-refractivity contribution is 9.10. The lowest BCUT2D eigenvalue weighted by atomic mass is 10.1. The third-order valence-electron chi connectivity index (χ3n) is 6.23. The Kier molecular flexibility index (Phi) is 6.80. The number of ether oxygens (including phenoxy) is 2.